The predicted molar refractivity (Wildman–Crippen MR) is 63.6 cm³/mol. The van der Waals surface area contributed by atoms with Crippen molar-refractivity contribution in [3.8, 4) is 0 Å². The fraction of sp³-hybridized carbons (Fsp3) is 0.385. The molecule has 2 nitrogen and oxygen atoms in total. The Morgan fingerprint density at radius 1 is 1.40 bits per heavy atom. The van der Waals surface area contributed by atoms with E-state index < -0.39 is 0 Å². The van der Waals surface area contributed by atoms with Gasteiger partial charge >= 0.3 is 0 Å². The zero-order valence-corrected chi connectivity index (χ0v) is 9.19. The van der Waals surface area contributed by atoms with Crippen LogP contribution in [0.2, 0.25) is 0 Å². The molecule has 0 bridgehead atoms. The van der Waals surface area contributed by atoms with Crippen LogP contribution in [-0.4, -0.2) is 17.3 Å². The molecule has 0 aliphatic heterocycles. The van der Waals surface area contributed by atoms with E-state index in [1.54, 1.807) is 6.08 Å². The lowest BCUT2D eigenvalue weighted by Gasteiger charge is -2.19. The maximum atomic E-state index is 9.66. The molecule has 0 aromatic heterocycles. The van der Waals surface area contributed by atoms with Crippen LogP contribution in [0.15, 0.2) is 43.0 Å². The molecule has 0 spiro atoms. The number of aliphatic hydroxyl groups is 1. The first-order valence-electron chi connectivity index (χ1n) is 5.30. The van der Waals surface area contributed by atoms with Crippen LogP contribution in [0.1, 0.15) is 18.9 Å². The molecule has 0 radical (unpaired) electrons. The molecule has 0 saturated heterocycles. The Kier molecular flexibility index (Phi) is 5.08. The van der Waals surface area contributed by atoms with E-state index in [1.165, 1.54) is 5.56 Å². The van der Waals surface area contributed by atoms with Crippen molar-refractivity contribution in [1.82, 2.24) is 5.32 Å². The van der Waals surface area contributed by atoms with Gasteiger partial charge in [-0.3, -0.25) is 0 Å². The molecule has 0 heterocycles. The first-order chi connectivity index (χ1) is 7.24. The van der Waals surface area contributed by atoms with Crippen molar-refractivity contribution in [2.45, 2.75) is 32.0 Å². The molecule has 0 amide bonds. The minimum Gasteiger partial charge on any atom is -0.391 e. The number of aliphatic hydroxyl groups excluding tert-OH is 1. The van der Waals surface area contributed by atoms with Crippen LogP contribution in [0.4, 0.5) is 0 Å². The Morgan fingerprint density at radius 2 is 2.07 bits per heavy atom. The molecule has 82 valence electrons. The molecular weight excluding hydrogens is 186 g/mol. The Labute approximate surface area is 91.6 Å². The molecule has 0 aliphatic carbocycles. The Balaban J connectivity index is 2.34. The molecule has 2 N–H and O–H groups in total. The average molecular weight is 205 g/mol. The van der Waals surface area contributed by atoms with Crippen LogP contribution in [0.3, 0.4) is 0 Å². The minimum atomic E-state index is -0.355. The fourth-order valence-electron chi connectivity index (χ4n) is 1.39. The number of hydrogen-bond donors (Lipinski definition) is 2. The topological polar surface area (TPSA) is 32.3 Å². The molecule has 0 aliphatic rings. The van der Waals surface area contributed by atoms with E-state index in [4.69, 9.17) is 0 Å². The van der Waals surface area contributed by atoms with Crippen molar-refractivity contribution in [2.24, 2.45) is 0 Å². The molecule has 1 aromatic rings. The summed E-state index contributed by atoms with van der Waals surface area (Å²) in [6.07, 6.45) is 2.01. The molecule has 2 heteroatoms. The summed E-state index contributed by atoms with van der Waals surface area (Å²) in [6, 6.07) is 10.3. The summed E-state index contributed by atoms with van der Waals surface area (Å²) in [7, 11) is 0. The first-order valence-corrected chi connectivity index (χ1v) is 5.30. The quantitative estimate of drug-likeness (QED) is 0.697. The third-order valence-electron chi connectivity index (χ3n) is 2.46. The van der Waals surface area contributed by atoms with Gasteiger partial charge < -0.3 is 10.4 Å². The van der Waals surface area contributed by atoms with Gasteiger partial charge in [0.25, 0.3) is 0 Å². The number of nitrogens with one attached hydrogen (secondary N) is 1. The SMILES string of the molecule is C=CCC(O)C(C)NCc1ccccc1. The molecular formula is C13H19NO. The van der Waals surface area contributed by atoms with Crippen LogP contribution in [0, 0.1) is 0 Å². The van der Waals surface area contributed by atoms with Gasteiger partial charge in [-0.1, -0.05) is 36.4 Å². The molecule has 1 aromatic carbocycles. The van der Waals surface area contributed by atoms with Crippen molar-refractivity contribution < 1.29 is 5.11 Å². The van der Waals surface area contributed by atoms with Gasteiger partial charge in [-0.25, -0.2) is 0 Å². The highest BCUT2D eigenvalue weighted by Crippen LogP contribution is 2.02. The Hall–Kier alpha value is -1.12. The van der Waals surface area contributed by atoms with Crippen molar-refractivity contribution >= 4 is 0 Å². The van der Waals surface area contributed by atoms with Gasteiger partial charge in [-0.2, -0.15) is 0 Å². The summed E-state index contributed by atoms with van der Waals surface area (Å²) in [5.74, 6) is 0. The third kappa shape index (κ3) is 4.28. The van der Waals surface area contributed by atoms with Gasteiger partial charge in [-0.15, -0.1) is 6.58 Å². The third-order valence-corrected chi connectivity index (χ3v) is 2.46. The molecule has 2 unspecified atom stereocenters. The summed E-state index contributed by atoms with van der Waals surface area (Å²) >= 11 is 0. The highest BCUT2D eigenvalue weighted by Gasteiger charge is 2.11. The zero-order chi connectivity index (χ0) is 11.1. The summed E-state index contributed by atoms with van der Waals surface area (Å²) < 4.78 is 0. The molecule has 2 atom stereocenters. The van der Waals surface area contributed by atoms with Crippen molar-refractivity contribution in [3.63, 3.8) is 0 Å². The number of rotatable bonds is 6. The first kappa shape index (κ1) is 12.0. The van der Waals surface area contributed by atoms with Crippen LogP contribution in [-0.2, 0) is 6.54 Å². The largest absolute Gasteiger partial charge is 0.391 e. The lowest BCUT2D eigenvalue weighted by molar-refractivity contribution is 0.136. The summed E-state index contributed by atoms with van der Waals surface area (Å²) in [4.78, 5) is 0. The van der Waals surface area contributed by atoms with Gasteiger partial charge in [0.2, 0.25) is 0 Å². The average Bonchev–Trinajstić information content (AvgIpc) is 2.27. The second kappa shape index (κ2) is 6.38. The van der Waals surface area contributed by atoms with Crippen molar-refractivity contribution in [3.05, 3.63) is 48.6 Å². The van der Waals surface area contributed by atoms with E-state index in [-0.39, 0.29) is 12.1 Å². The van der Waals surface area contributed by atoms with Crippen LogP contribution >= 0.6 is 0 Å². The number of hydrogen-bond acceptors (Lipinski definition) is 2. The monoisotopic (exact) mass is 205 g/mol. The highest BCUT2D eigenvalue weighted by molar-refractivity contribution is 5.14. The maximum absolute atomic E-state index is 9.66. The Bertz CT molecular complexity index is 284. The second-order valence-electron chi connectivity index (χ2n) is 3.75. The highest BCUT2D eigenvalue weighted by atomic mass is 16.3. The van der Waals surface area contributed by atoms with Crippen LogP contribution in [0.5, 0.6) is 0 Å². The van der Waals surface area contributed by atoms with Gasteiger partial charge in [0.15, 0.2) is 0 Å². The lowest BCUT2D eigenvalue weighted by atomic mass is 10.1. The van der Waals surface area contributed by atoms with E-state index in [0.717, 1.165) is 6.54 Å². The maximum Gasteiger partial charge on any atom is 0.0724 e. The lowest BCUT2D eigenvalue weighted by Crippen LogP contribution is -2.36. The predicted octanol–water partition coefficient (Wildman–Crippen LogP) is 2.10. The van der Waals surface area contributed by atoms with Gasteiger partial charge in [0, 0.05) is 12.6 Å². The van der Waals surface area contributed by atoms with Crippen molar-refractivity contribution in [1.29, 1.82) is 0 Å². The van der Waals surface area contributed by atoms with Crippen LogP contribution < -0.4 is 5.32 Å². The smallest absolute Gasteiger partial charge is 0.0724 e. The van der Waals surface area contributed by atoms with E-state index in [1.807, 2.05) is 25.1 Å². The molecule has 1 rings (SSSR count). The van der Waals surface area contributed by atoms with E-state index in [2.05, 4.69) is 24.0 Å². The Morgan fingerprint density at radius 3 is 2.67 bits per heavy atom. The molecule has 15 heavy (non-hydrogen) atoms. The van der Waals surface area contributed by atoms with E-state index in [0.29, 0.717) is 6.42 Å². The van der Waals surface area contributed by atoms with Gasteiger partial charge in [0.05, 0.1) is 6.10 Å². The molecule has 0 fully saturated rings. The summed E-state index contributed by atoms with van der Waals surface area (Å²) in [5.41, 5.74) is 1.23. The van der Waals surface area contributed by atoms with Gasteiger partial charge in [0.1, 0.15) is 0 Å². The molecule has 0 saturated carbocycles. The normalized spacial score (nSPS) is 14.5. The fourth-order valence-corrected chi connectivity index (χ4v) is 1.39. The second-order valence-corrected chi connectivity index (χ2v) is 3.75. The minimum absolute atomic E-state index is 0.0863. The van der Waals surface area contributed by atoms with E-state index >= 15 is 0 Å². The summed E-state index contributed by atoms with van der Waals surface area (Å²) in [6.45, 7) is 6.38. The van der Waals surface area contributed by atoms with E-state index in [9.17, 15) is 5.11 Å². The van der Waals surface area contributed by atoms with Gasteiger partial charge in [-0.05, 0) is 18.9 Å². The zero-order valence-electron chi connectivity index (χ0n) is 9.19. The summed E-state index contributed by atoms with van der Waals surface area (Å²) in [5, 5.41) is 12.9. The number of benzene rings is 1. The standard InChI is InChI=1S/C13H19NO/c1-3-7-13(15)11(2)14-10-12-8-5-4-6-9-12/h3-6,8-9,11,13-15H,1,7,10H2,2H3. The van der Waals surface area contributed by atoms with Crippen LogP contribution in [0.25, 0.3) is 0 Å². The van der Waals surface area contributed by atoms with Crippen molar-refractivity contribution in [2.75, 3.05) is 0 Å².